The summed E-state index contributed by atoms with van der Waals surface area (Å²) in [6.07, 6.45) is 3.15. The molecular formula is C16H14F2N2O4. The van der Waals surface area contributed by atoms with Gasteiger partial charge >= 0.3 is 5.97 Å². The minimum Gasteiger partial charge on any atom is -0.504 e. The molecule has 0 saturated heterocycles. The first-order valence-corrected chi connectivity index (χ1v) is 7.57. The minimum absolute atomic E-state index is 0.189. The number of aromatic hydroxyl groups is 1. The summed E-state index contributed by atoms with van der Waals surface area (Å²) in [7, 11) is 0. The van der Waals surface area contributed by atoms with E-state index in [2.05, 4.69) is 0 Å². The van der Waals surface area contributed by atoms with E-state index >= 15 is 4.39 Å². The molecule has 1 aromatic heterocycles. The highest BCUT2D eigenvalue weighted by atomic mass is 19.1. The number of aromatic nitrogens is 1. The number of carboxylic acids is 1. The van der Waals surface area contributed by atoms with E-state index in [1.54, 1.807) is 0 Å². The number of nitrogens with two attached hydrogens (primary N) is 1. The molecule has 0 radical (unpaired) electrons. The van der Waals surface area contributed by atoms with E-state index in [1.807, 2.05) is 0 Å². The van der Waals surface area contributed by atoms with E-state index in [4.69, 9.17) is 5.73 Å². The largest absolute Gasteiger partial charge is 0.504 e. The van der Waals surface area contributed by atoms with Gasteiger partial charge in [0.1, 0.15) is 5.56 Å². The van der Waals surface area contributed by atoms with E-state index in [9.17, 15) is 24.2 Å². The van der Waals surface area contributed by atoms with Crippen molar-refractivity contribution in [3.8, 4) is 5.75 Å². The summed E-state index contributed by atoms with van der Waals surface area (Å²) < 4.78 is 30.9. The summed E-state index contributed by atoms with van der Waals surface area (Å²) in [6.45, 7) is 0. The van der Waals surface area contributed by atoms with Crippen LogP contribution in [0.4, 0.5) is 8.78 Å². The van der Waals surface area contributed by atoms with Gasteiger partial charge in [-0.15, -0.1) is 0 Å². The summed E-state index contributed by atoms with van der Waals surface area (Å²) in [5, 5.41) is 18.7. The van der Waals surface area contributed by atoms with Crippen LogP contribution in [0.25, 0.3) is 10.9 Å². The minimum atomic E-state index is -1.52. The number of rotatable bonds is 3. The van der Waals surface area contributed by atoms with Crippen molar-refractivity contribution in [2.75, 3.05) is 0 Å². The number of phenols is 1. The molecular weight excluding hydrogens is 322 g/mol. The predicted molar refractivity (Wildman–Crippen MR) is 80.1 cm³/mol. The number of carboxylic acid groups (broad SMARTS) is 1. The molecule has 0 bridgehead atoms. The number of hydrogen-bond acceptors (Lipinski definition) is 4. The van der Waals surface area contributed by atoms with Crippen LogP contribution in [0.15, 0.2) is 11.0 Å². The van der Waals surface area contributed by atoms with Gasteiger partial charge in [-0.3, -0.25) is 4.79 Å². The lowest BCUT2D eigenvalue weighted by Gasteiger charge is -2.19. The second kappa shape index (κ2) is 4.54. The zero-order valence-corrected chi connectivity index (χ0v) is 12.5. The third-order valence-electron chi connectivity index (χ3n) is 4.78. The van der Waals surface area contributed by atoms with E-state index in [-0.39, 0.29) is 11.6 Å². The van der Waals surface area contributed by atoms with Gasteiger partial charge in [-0.2, -0.15) is 0 Å². The fourth-order valence-corrected chi connectivity index (χ4v) is 3.13. The predicted octanol–water partition coefficient (Wildman–Crippen LogP) is 1.97. The monoisotopic (exact) mass is 336 g/mol. The van der Waals surface area contributed by atoms with Crippen molar-refractivity contribution in [1.82, 2.24) is 4.57 Å². The number of fused-ring (bicyclic) bond motifs is 1. The highest BCUT2D eigenvalue weighted by Crippen LogP contribution is 2.49. The van der Waals surface area contributed by atoms with Crippen LogP contribution in [0.1, 0.15) is 47.6 Å². The maximum Gasteiger partial charge on any atom is 0.341 e. The maximum absolute atomic E-state index is 15.1. The van der Waals surface area contributed by atoms with E-state index in [0.717, 1.165) is 6.20 Å². The summed E-state index contributed by atoms with van der Waals surface area (Å²) in [5.41, 5.74) is 2.25. The highest BCUT2D eigenvalue weighted by molar-refractivity contribution is 5.95. The van der Waals surface area contributed by atoms with Crippen LogP contribution in [-0.2, 0) is 5.54 Å². The molecule has 4 rings (SSSR count). The van der Waals surface area contributed by atoms with Gasteiger partial charge < -0.3 is 20.5 Å². The van der Waals surface area contributed by atoms with Gasteiger partial charge in [0.2, 0.25) is 5.43 Å². The molecule has 2 fully saturated rings. The Labute approximate surface area is 134 Å². The smallest absolute Gasteiger partial charge is 0.341 e. The number of halogens is 2. The number of hydrogen-bond donors (Lipinski definition) is 3. The average Bonchev–Trinajstić information content (AvgIpc) is 3.41. The zero-order valence-electron chi connectivity index (χ0n) is 12.5. The van der Waals surface area contributed by atoms with Crippen LogP contribution in [0.2, 0.25) is 0 Å². The Balaban J connectivity index is 2.21. The van der Waals surface area contributed by atoms with Gasteiger partial charge in [-0.1, -0.05) is 0 Å². The Bertz CT molecular complexity index is 975. The summed E-state index contributed by atoms with van der Waals surface area (Å²) in [6, 6.07) is -0.189. The maximum atomic E-state index is 15.1. The van der Waals surface area contributed by atoms with Crippen molar-refractivity contribution >= 4 is 16.9 Å². The van der Waals surface area contributed by atoms with E-state index < -0.39 is 50.8 Å². The third kappa shape index (κ3) is 1.89. The average molecular weight is 336 g/mol. The number of benzene rings is 1. The first-order chi connectivity index (χ1) is 11.3. The van der Waals surface area contributed by atoms with Crippen molar-refractivity contribution < 1.29 is 23.8 Å². The van der Waals surface area contributed by atoms with Gasteiger partial charge in [0.25, 0.3) is 0 Å². The van der Waals surface area contributed by atoms with Crippen LogP contribution in [0.3, 0.4) is 0 Å². The number of aromatic carboxylic acids is 1. The SMILES string of the molecule is NC1(c2c(F)c(O)c3c(=O)c(C(=O)O)cn(C4CC4)c3c2F)CC1. The van der Waals surface area contributed by atoms with Crippen molar-refractivity contribution in [2.45, 2.75) is 37.3 Å². The Morgan fingerprint density at radius 2 is 1.92 bits per heavy atom. The number of pyridine rings is 1. The van der Waals surface area contributed by atoms with E-state index in [1.165, 1.54) is 4.57 Å². The van der Waals surface area contributed by atoms with Crippen molar-refractivity contribution in [2.24, 2.45) is 5.73 Å². The number of phenolic OH excluding ortho intramolecular Hbond substituents is 1. The third-order valence-corrected chi connectivity index (χ3v) is 4.78. The molecule has 0 amide bonds. The molecule has 1 aromatic carbocycles. The first kappa shape index (κ1) is 15.1. The molecule has 6 nitrogen and oxygen atoms in total. The fourth-order valence-electron chi connectivity index (χ4n) is 3.13. The van der Waals surface area contributed by atoms with Crippen molar-refractivity contribution in [3.05, 3.63) is 39.2 Å². The van der Waals surface area contributed by atoms with Gasteiger partial charge in [-0.05, 0) is 25.7 Å². The lowest BCUT2D eigenvalue weighted by atomic mass is 9.99. The Kier molecular flexibility index (Phi) is 2.85. The molecule has 0 atom stereocenters. The molecule has 2 aliphatic carbocycles. The molecule has 24 heavy (non-hydrogen) atoms. The molecule has 2 aromatic rings. The summed E-state index contributed by atoms with van der Waals surface area (Å²) >= 11 is 0. The molecule has 0 spiro atoms. The Morgan fingerprint density at radius 3 is 2.42 bits per heavy atom. The van der Waals surface area contributed by atoms with Crippen LogP contribution < -0.4 is 11.2 Å². The molecule has 8 heteroatoms. The summed E-state index contributed by atoms with van der Waals surface area (Å²) in [5.74, 6) is -4.85. The van der Waals surface area contributed by atoms with Crippen LogP contribution in [0, 0.1) is 11.6 Å². The second-order valence-corrected chi connectivity index (χ2v) is 6.55. The quantitative estimate of drug-likeness (QED) is 0.795. The van der Waals surface area contributed by atoms with Gasteiger partial charge in [-0.25, -0.2) is 13.6 Å². The second-order valence-electron chi connectivity index (χ2n) is 6.55. The van der Waals surface area contributed by atoms with Gasteiger partial charge in [0, 0.05) is 23.3 Å². The standard InChI is InChI=1S/C16H14F2N2O4/c17-10-9(16(19)3-4-16)11(18)14(22)8-12(10)20(6-1-2-6)5-7(13(8)21)15(23)24/h5-6,22H,1-4,19H2,(H,23,24). The lowest BCUT2D eigenvalue weighted by Crippen LogP contribution is -2.25. The fraction of sp³-hybridized carbons (Fsp3) is 0.375. The lowest BCUT2D eigenvalue weighted by molar-refractivity contribution is 0.0695. The zero-order chi connectivity index (χ0) is 17.4. The van der Waals surface area contributed by atoms with E-state index in [0.29, 0.717) is 25.7 Å². The molecule has 2 aliphatic rings. The number of carbonyl (C=O) groups is 1. The highest BCUT2D eigenvalue weighted by Gasteiger charge is 2.46. The molecule has 1 heterocycles. The Hall–Kier alpha value is -2.48. The van der Waals surface area contributed by atoms with Gasteiger partial charge in [0.05, 0.1) is 10.9 Å². The molecule has 2 saturated carbocycles. The normalized spacial score (nSPS) is 18.8. The van der Waals surface area contributed by atoms with Gasteiger partial charge in [0.15, 0.2) is 17.4 Å². The molecule has 0 aliphatic heterocycles. The van der Waals surface area contributed by atoms with Crippen molar-refractivity contribution in [1.29, 1.82) is 0 Å². The van der Waals surface area contributed by atoms with Crippen LogP contribution >= 0.6 is 0 Å². The number of nitrogens with zero attached hydrogens (tertiary/aromatic N) is 1. The molecule has 0 unspecified atom stereocenters. The molecule has 126 valence electrons. The van der Waals surface area contributed by atoms with Crippen LogP contribution in [0.5, 0.6) is 5.75 Å². The van der Waals surface area contributed by atoms with Crippen molar-refractivity contribution in [3.63, 3.8) is 0 Å². The van der Waals surface area contributed by atoms with Crippen LogP contribution in [-0.4, -0.2) is 20.7 Å². The summed E-state index contributed by atoms with van der Waals surface area (Å²) in [4.78, 5) is 23.6. The Morgan fingerprint density at radius 1 is 1.29 bits per heavy atom. The topological polar surface area (TPSA) is 106 Å². The first-order valence-electron chi connectivity index (χ1n) is 7.57. The molecule has 4 N–H and O–H groups in total.